The third-order valence-electron chi connectivity index (χ3n) is 2.35. The first kappa shape index (κ1) is 8.29. The Labute approximate surface area is 77.1 Å². The Kier molecular flexibility index (Phi) is 1.83. The predicted molar refractivity (Wildman–Crippen MR) is 49.6 cm³/mol. The molecule has 0 saturated heterocycles. The summed E-state index contributed by atoms with van der Waals surface area (Å²) in [5.41, 5.74) is 2.03. The molecule has 4 nitrogen and oxygen atoms in total. The molecule has 2 rings (SSSR count). The fraction of sp³-hybridized carbons (Fsp3) is 0.556. The summed E-state index contributed by atoms with van der Waals surface area (Å²) in [5.74, 6) is 0.106. The molecule has 1 amide bonds. The molecule has 0 fully saturated rings. The molecular weight excluding hydrogens is 166 g/mol. The second-order valence-electron chi connectivity index (χ2n) is 3.41. The van der Waals surface area contributed by atoms with Crippen LogP contribution in [-0.4, -0.2) is 22.2 Å². The molecule has 1 aliphatic heterocycles. The first-order chi connectivity index (χ1) is 6.18. The van der Waals surface area contributed by atoms with E-state index in [1.54, 1.807) is 16.5 Å². The van der Waals surface area contributed by atoms with Crippen molar-refractivity contribution < 1.29 is 4.79 Å². The van der Waals surface area contributed by atoms with Crippen LogP contribution in [0.15, 0.2) is 6.20 Å². The first-order valence-electron chi connectivity index (χ1n) is 4.49. The highest BCUT2D eigenvalue weighted by Crippen LogP contribution is 2.25. The number of hydrogen-bond donors (Lipinski definition) is 0. The lowest BCUT2D eigenvalue weighted by Crippen LogP contribution is -2.32. The van der Waals surface area contributed by atoms with E-state index in [1.165, 1.54) is 0 Å². The molecule has 1 aromatic heterocycles. The van der Waals surface area contributed by atoms with Crippen LogP contribution in [0.2, 0.25) is 0 Å². The summed E-state index contributed by atoms with van der Waals surface area (Å²) in [6.45, 7) is 2.43. The van der Waals surface area contributed by atoms with Crippen molar-refractivity contribution in [3.63, 3.8) is 0 Å². The smallest absolute Gasteiger partial charge is 0.223 e. The third kappa shape index (κ3) is 1.32. The molecule has 70 valence electrons. The van der Waals surface area contributed by atoms with Gasteiger partial charge in [-0.05, 0) is 12.8 Å². The Balaban J connectivity index is 2.41. The molecule has 1 aromatic rings. The molecule has 0 saturated carbocycles. The zero-order valence-electron chi connectivity index (χ0n) is 7.95. The Morgan fingerprint density at radius 3 is 3.08 bits per heavy atom. The Bertz CT molecular complexity index is 343. The minimum absolute atomic E-state index is 0.106. The molecular formula is C9H13N3O. The van der Waals surface area contributed by atoms with Crippen LogP contribution in [0.4, 0.5) is 5.69 Å². The van der Waals surface area contributed by atoms with Crippen molar-refractivity contribution >= 4 is 11.6 Å². The molecule has 1 aliphatic rings. The van der Waals surface area contributed by atoms with Gasteiger partial charge >= 0.3 is 0 Å². The monoisotopic (exact) mass is 179 g/mol. The third-order valence-corrected chi connectivity index (χ3v) is 2.35. The number of hydrogen-bond acceptors (Lipinski definition) is 2. The zero-order chi connectivity index (χ0) is 9.42. The molecule has 2 heterocycles. The maximum atomic E-state index is 11.3. The maximum Gasteiger partial charge on any atom is 0.223 e. The normalized spacial score (nSPS) is 15.7. The predicted octanol–water partition coefficient (Wildman–Crippen LogP) is 0.719. The average molecular weight is 179 g/mol. The number of aryl methyl sites for hydroxylation is 2. The zero-order valence-corrected chi connectivity index (χ0v) is 7.95. The lowest BCUT2D eigenvalue weighted by Gasteiger charge is -2.24. The SMILES string of the molecule is CC(=O)N1CCCc2nn(C)cc21. The molecule has 0 bridgehead atoms. The van der Waals surface area contributed by atoms with Gasteiger partial charge in [0.1, 0.15) is 0 Å². The molecule has 0 unspecified atom stereocenters. The summed E-state index contributed by atoms with van der Waals surface area (Å²) in [7, 11) is 1.89. The van der Waals surface area contributed by atoms with Crippen molar-refractivity contribution in [2.45, 2.75) is 19.8 Å². The number of anilines is 1. The van der Waals surface area contributed by atoms with E-state index in [0.29, 0.717) is 0 Å². The number of carbonyl (C=O) groups is 1. The maximum absolute atomic E-state index is 11.3. The van der Waals surface area contributed by atoms with E-state index in [2.05, 4.69) is 5.10 Å². The molecule has 0 N–H and O–H groups in total. The van der Waals surface area contributed by atoms with Crippen molar-refractivity contribution in [2.75, 3.05) is 11.4 Å². The molecule has 0 aromatic carbocycles. The number of amides is 1. The summed E-state index contributed by atoms with van der Waals surface area (Å²) in [4.78, 5) is 13.1. The second kappa shape index (κ2) is 2.87. The summed E-state index contributed by atoms with van der Waals surface area (Å²) < 4.78 is 1.77. The van der Waals surface area contributed by atoms with Gasteiger partial charge in [0.25, 0.3) is 0 Å². The van der Waals surface area contributed by atoms with Gasteiger partial charge in [0.15, 0.2) is 0 Å². The van der Waals surface area contributed by atoms with Crippen molar-refractivity contribution in [2.24, 2.45) is 7.05 Å². The van der Waals surface area contributed by atoms with E-state index >= 15 is 0 Å². The van der Waals surface area contributed by atoms with Crippen LogP contribution in [-0.2, 0) is 18.3 Å². The van der Waals surface area contributed by atoms with Gasteiger partial charge in [-0.15, -0.1) is 0 Å². The van der Waals surface area contributed by atoms with E-state index in [-0.39, 0.29) is 5.91 Å². The highest BCUT2D eigenvalue weighted by molar-refractivity contribution is 5.92. The summed E-state index contributed by atoms with van der Waals surface area (Å²) in [5, 5.41) is 4.31. The fourth-order valence-corrected chi connectivity index (χ4v) is 1.78. The van der Waals surface area contributed by atoms with Gasteiger partial charge < -0.3 is 4.90 Å². The van der Waals surface area contributed by atoms with Crippen molar-refractivity contribution in [3.8, 4) is 0 Å². The van der Waals surface area contributed by atoms with E-state index in [4.69, 9.17) is 0 Å². The number of fused-ring (bicyclic) bond motifs is 1. The fourth-order valence-electron chi connectivity index (χ4n) is 1.78. The second-order valence-corrected chi connectivity index (χ2v) is 3.41. The Hall–Kier alpha value is -1.32. The van der Waals surface area contributed by atoms with Crippen molar-refractivity contribution in [3.05, 3.63) is 11.9 Å². The van der Waals surface area contributed by atoms with E-state index in [1.807, 2.05) is 13.2 Å². The largest absolute Gasteiger partial charge is 0.309 e. The number of nitrogens with zero attached hydrogens (tertiary/aromatic N) is 3. The van der Waals surface area contributed by atoms with Crippen LogP contribution in [0.5, 0.6) is 0 Å². The summed E-state index contributed by atoms with van der Waals surface area (Å²) >= 11 is 0. The van der Waals surface area contributed by atoms with Crippen LogP contribution in [0.3, 0.4) is 0 Å². The molecule has 0 spiro atoms. The van der Waals surface area contributed by atoms with Crippen LogP contribution in [0.1, 0.15) is 19.0 Å². The molecule has 0 radical (unpaired) electrons. The topological polar surface area (TPSA) is 38.1 Å². The van der Waals surface area contributed by atoms with Gasteiger partial charge in [0.05, 0.1) is 11.4 Å². The van der Waals surface area contributed by atoms with E-state index in [9.17, 15) is 4.79 Å². The highest BCUT2D eigenvalue weighted by Gasteiger charge is 2.22. The van der Waals surface area contributed by atoms with Gasteiger partial charge in [-0.1, -0.05) is 0 Å². The quantitative estimate of drug-likeness (QED) is 0.588. The minimum atomic E-state index is 0.106. The van der Waals surface area contributed by atoms with E-state index < -0.39 is 0 Å². The summed E-state index contributed by atoms with van der Waals surface area (Å²) in [6, 6.07) is 0. The Morgan fingerprint density at radius 1 is 1.62 bits per heavy atom. The van der Waals surface area contributed by atoms with Crippen molar-refractivity contribution in [1.29, 1.82) is 0 Å². The standard InChI is InChI=1S/C9H13N3O/c1-7(13)12-5-3-4-8-9(12)6-11(2)10-8/h6H,3-5H2,1-2H3. The van der Waals surface area contributed by atoms with Gasteiger partial charge in [0, 0.05) is 26.7 Å². The number of carbonyl (C=O) groups excluding carboxylic acids is 1. The van der Waals surface area contributed by atoms with Crippen LogP contribution in [0, 0.1) is 0 Å². The molecule has 0 atom stereocenters. The number of rotatable bonds is 0. The average Bonchev–Trinajstić information content (AvgIpc) is 2.43. The van der Waals surface area contributed by atoms with Gasteiger partial charge in [-0.25, -0.2) is 0 Å². The van der Waals surface area contributed by atoms with E-state index in [0.717, 1.165) is 30.8 Å². The van der Waals surface area contributed by atoms with Gasteiger partial charge in [-0.2, -0.15) is 5.10 Å². The minimum Gasteiger partial charge on any atom is -0.309 e. The molecule has 4 heteroatoms. The number of aromatic nitrogens is 2. The van der Waals surface area contributed by atoms with Gasteiger partial charge in [0.2, 0.25) is 5.91 Å². The lowest BCUT2D eigenvalue weighted by molar-refractivity contribution is -0.116. The summed E-state index contributed by atoms with van der Waals surface area (Å²) in [6.07, 6.45) is 3.92. The lowest BCUT2D eigenvalue weighted by atomic mass is 10.1. The molecule has 0 aliphatic carbocycles. The molecule has 13 heavy (non-hydrogen) atoms. The van der Waals surface area contributed by atoms with Crippen LogP contribution in [0.25, 0.3) is 0 Å². The highest BCUT2D eigenvalue weighted by atomic mass is 16.2. The van der Waals surface area contributed by atoms with Crippen LogP contribution < -0.4 is 4.90 Å². The van der Waals surface area contributed by atoms with Crippen LogP contribution >= 0.6 is 0 Å². The first-order valence-corrected chi connectivity index (χ1v) is 4.49. The Morgan fingerprint density at radius 2 is 2.38 bits per heavy atom. The van der Waals surface area contributed by atoms with Crippen molar-refractivity contribution in [1.82, 2.24) is 9.78 Å². The van der Waals surface area contributed by atoms with Gasteiger partial charge in [-0.3, -0.25) is 9.48 Å².